The first kappa shape index (κ1) is 11.0. The van der Waals surface area contributed by atoms with Crippen LogP contribution in [0, 0.1) is 0 Å². The Hall–Kier alpha value is -1.00. The van der Waals surface area contributed by atoms with E-state index >= 15 is 0 Å². The molecular weight excluding hydrogens is 168 g/mol. The number of alkyl halides is 2. The molecule has 0 atom stereocenters. The molecule has 0 aliphatic heterocycles. The summed E-state index contributed by atoms with van der Waals surface area (Å²) in [6, 6.07) is 0. The minimum absolute atomic E-state index is 0.299. The Morgan fingerprint density at radius 2 is 2.00 bits per heavy atom. The van der Waals surface area contributed by atoms with E-state index in [-0.39, 0.29) is 6.42 Å². The van der Waals surface area contributed by atoms with Gasteiger partial charge in [0, 0.05) is 26.9 Å². The molecule has 5 heteroatoms. The maximum Gasteiger partial charge on any atom is 0.325 e. The highest BCUT2D eigenvalue weighted by molar-refractivity contribution is 5.83. The smallest absolute Gasteiger partial charge is 0.325 e. The van der Waals surface area contributed by atoms with Crippen molar-refractivity contribution >= 4 is 12.2 Å². The fraction of sp³-hybridized carbons (Fsp3) is 0.714. The van der Waals surface area contributed by atoms with Crippen LogP contribution in [0.2, 0.25) is 0 Å². The molecule has 0 bridgehead atoms. The molecular formula is C7H11F2NO2. The van der Waals surface area contributed by atoms with Gasteiger partial charge in [-0.1, -0.05) is 0 Å². The summed E-state index contributed by atoms with van der Waals surface area (Å²) in [6.07, 6.45) is -0.642. The van der Waals surface area contributed by atoms with Crippen LogP contribution in [-0.4, -0.2) is 37.1 Å². The minimum atomic E-state index is -3.41. The maximum absolute atomic E-state index is 12.7. The predicted octanol–water partition coefficient (Wildman–Crippen LogP) is 0.689. The third kappa shape index (κ3) is 2.94. The highest BCUT2D eigenvalue weighted by atomic mass is 19.3. The van der Waals surface area contributed by atoms with E-state index < -0.39 is 18.3 Å². The molecule has 1 amide bonds. The predicted molar refractivity (Wildman–Crippen MR) is 38.9 cm³/mol. The molecule has 0 spiro atoms. The molecule has 0 fully saturated rings. The van der Waals surface area contributed by atoms with Crippen molar-refractivity contribution in [2.45, 2.75) is 18.8 Å². The van der Waals surface area contributed by atoms with E-state index in [2.05, 4.69) is 0 Å². The Bertz CT molecular complexity index is 180. The molecule has 0 aromatic carbocycles. The second kappa shape index (κ2) is 4.13. The van der Waals surface area contributed by atoms with Gasteiger partial charge in [0.15, 0.2) is 0 Å². The Morgan fingerprint density at radius 1 is 1.50 bits per heavy atom. The summed E-state index contributed by atoms with van der Waals surface area (Å²) in [5, 5.41) is 0. The van der Waals surface area contributed by atoms with Gasteiger partial charge in [0.1, 0.15) is 6.29 Å². The van der Waals surface area contributed by atoms with Crippen LogP contribution in [0.1, 0.15) is 12.8 Å². The van der Waals surface area contributed by atoms with E-state index in [4.69, 9.17) is 0 Å². The van der Waals surface area contributed by atoms with Gasteiger partial charge in [0.25, 0.3) is 5.91 Å². The lowest BCUT2D eigenvalue weighted by Gasteiger charge is -2.18. The van der Waals surface area contributed by atoms with Crippen LogP contribution >= 0.6 is 0 Å². The van der Waals surface area contributed by atoms with E-state index in [0.29, 0.717) is 6.29 Å². The largest absolute Gasteiger partial charge is 0.344 e. The van der Waals surface area contributed by atoms with Gasteiger partial charge in [0.2, 0.25) is 0 Å². The lowest BCUT2D eigenvalue weighted by Crippen LogP contribution is -2.39. The van der Waals surface area contributed by atoms with Crippen LogP contribution in [-0.2, 0) is 9.59 Å². The van der Waals surface area contributed by atoms with Crippen LogP contribution in [0.4, 0.5) is 8.78 Å². The number of rotatable bonds is 4. The van der Waals surface area contributed by atoms with Crippen molar-refractivity contribution in [1.29, 1.82) is 0 Å². The molecule has 0 aromatic rings. The summed E-state index contributed by atoms with van der Waals surface area (Å²) >= 11 is 0. The second-order valence-electron chi connectivity index (χ2n) is 2.61. The maximum atomic E-state index is 12.7. The van der Waals surface area contributed by atoms with Crippen molar-refractivity contribution in [2.75, 3.05) is 14.1 Å². The number of hydrogen-bond acceptors (Lipinski definition) is 2. The van der Waals surface area contributed by atoms with Crippen molar-refractivity contribution in [3.63, 3.8) is 0 Å². The van der Waals surface area contributed by atoms with Crippen molar-refractivity contribution in [1.82, 2.24) is 4.90 Å². The zero-order valence-electron chi connectivity index (χ0n) is 7.01. The fourth-order valence-corrected chi connectivity index (χ4v) is 0.674. The number of halogens is 2. The average Bonchev–Trinajstić information content (AvgIpc) is 1.99. The quantitative estimate of drug-likeness (QED) is 0.595. The normalized spacial score (nSPS) is 11.0. The van der Waals surface area contributed by atoms with Crippen molar-refractivity contribution in [3.05, 3.63) is 0 Å². The zero-order chi connectivity index (χ0) is 9.78. The molecule has 0 radical (unpaired) electrons. The summed E-state index contributed by atoms with van der Waals surface area (Å²) in [7, 11) is 2.49. The van der Waals surface area contributed by atoms with E-state index in [1.54, 1.807) is 0 Å². The third-order valence-electron chi connectivity index (χ3n) is 1.30. The van der Waals surface area contributed by atoms with E-state index in [1.165, 1.54) is 14.1 Å². The Labute approximate surface area is 69.3 Å². The van der Waals surface area contributed by atoms with Crippen LogP contribution in [0.15, 0.2) is 0 Å². The topological polar surface area (TPSA) is 37.4 Å². The van der Waals surface area contributed by atoms with Gasteiger partial charge in [-0.3, -0.25) is 4.79 Å². The van der Waals surface area contributed by atoms with Gasteiger partial charge in [0.05, 0.1) is 0 Å². The molecule has 70 valence electrons. The number of carbonyl (C=O) groups is 2. The Morgan fingerprint density at radius 3 is 2.33 bits per heavy atom. The first-order valence-corrected chi connectivity index (χ1v) is 3.45. The molecule has 0 aliphatic rings. The van der Waals surface area contributed by atoms with Crippen molar-refractivity contribution in [2.24, 2.45) is 0 Å². The molecule has 0 aromatic heterocycles. The SMILES string of the molecule is CN(C)C(=O)C(F)(F)CCC=O. The highest BCUT2D eigenvalue weighted by Gasteiger charge is 2.39. The van der Waals surface area contributed by atoms with Crippen LogP contribution in [0.25, 0.3) is 0 Å². The highest BCUT2D eigenvalue weighted by Crippen LogP contribution is 2.21. The molecule has 0 N–H and O–H groups in total. The molecule has 0 heterocycles. The first-order valence-electron chi connectivity index (χ1n) is 3.45. The van der Waals surface area contributed by atoms with E-state index in [1.807, 2.05) is 0 Å². The molecule has 0 rings (SSSR count). The van der Waals surface area contributed by atoms with Gasteiger partial charge in [-0.15, -0.1) is 0 Å². The van der Waals surface area contributed by atoms with Gasteiger partial charge in [-0.2, -0.15) is 8.78 Å². The lowest BCUT2D eigenvalue weighted by molar-refractivity contribution is -0.155. The summed E-state index contributed by atoms with van der Waals surface area (Å²) in [4.78, 5) is 21.3. The molecule has 0 saturated heterocycles. The Balaban J connectivity index is 4.18. The van der Waals surface area contributed by atoms with Gasteiger partial charge in [-0.05, 0) is 0 Å². The van der Waals surface area contributed by atoms with Crippen molar-refractivity contribution < 1.29 is 18.4 Å². The van der Waals surface area contributed by atoms with Crippen LogP contribution in [0.5, 0.6) is 0 Å². The molecule has 3 nitrogen and oxygen atoms in total. The van der Waals surface area contributed by atoms with Gasteiger partial charge in [-0.25, -0.2) is 0 Å². The summed E-state index contributed by atoms with van der Waals surface area (Å²) in [6.45, 7) is 0. The van der Waals surface area contributed by atoms with Gasteiger partial charge < -0.3 is 9.69 Å². The second-order valence-corrected chi connectivity index (χ2v) is 2.61. The third-order valence-corrected chi connectivity index (χ3v) is 1.30. The fourth-order valence-electron chi connectivity index (χ4n) is 0.674. The van der Waals surface area contributed by atoms with Crippen molar-refractivity contribution in [3.8, 4) is 0 Å². The molecule has 0 aliphatic carbocycles. The Kier molecular flexibility index (Phi) is 3.79. The van der Waals surface area contributed by atoms with Crippen LogP contribution < -0.4 is 0 Å². The monoisotopic (exact) mass is 179 g/mol. The summed E-state index contributed by atoms with van der Waals surface area (Å²) in [5.41, 5.74) is 0. The van der Waals surface area contributed by atoms with Gasteiger partial charge >= 0.3 is 5.92 Å². The number of nitrogens with zero attached hydrogens (tertiary/aromatic N) is 1. The van der Waals surface area contributed by atoms with E-state index in [9.17, 15) is 18.4 Å². The zero-order valence-corrected chi connectivity index (χ0v) is 7.01. The van der Waals surface area contributed by atoms with E-state index in [0.717, 1.165) is 4.90 Å². The number of hydrogen-bond donors (Lipinski definition) is 0. The number of aldehydes is 1. The minimum Gasteiger partial charge on any atom is -0.344 e. The average molecular weight is 179 g/mol. The van der Waals surface area contributed by atoms with Crippen LogP contribution in [0.3, 0.4) is 0 Å². The summed E-state index contributed by atoms with van der Waals surface area (Å²) < 4.78 is 25.4. The first-order chi connectivity index (χ1) is 5.41. The lowest BCUT2D eigenvalue weighted by atomic mass is 10.2. The summed E-state index contributed by atoms with van der Waals surface area (Å²) in [5.74, 6) is -4.67. The number of carbonyl (C=O) groups excluding carboxylic acids is 2. The number of amides is 1. The molecule has 12 heavy (non-hydrogen) atoms. The molecule has 0 saturated carbocycles. The standard InChI is InChI=1S/C7H11F2NO2/c1-10(2)6(12)7(8,9)4-3-5-11/h5H,3-4H2,1-2H3. The molecule has 0 unspecified atom stereocenters.